The van der Waals surface area contributed by atoms with Crippen LogP contribution in [0.25, 0.3) is 0 Å². The van der Waals surface area contributed by atoms with Crippen molar-refractivity contribution in [2.75, 3.05) is 6.54 Å². The Bertz CT molecular complexity index is 1210. The molecule has 1 aliphatic rings. The van der Waals surface area contributed by atoms with Crippen LogP contribution in [-0.2, 0) is 24.2 Å². The molecule has 6 heteroatoms. The summed E-state index contributed by atoms with van der Waals surface area (Å²) in [7, 11) is 0. The second-order valence-corrected chi connectivity index (χ2v) is 9.66. The van der Waals surface area contributed by atoms with Gasteiger partial charge in [0.25, 0.3) is 5.91 Å². The Hall–Kier alpha value is -3.31. The fourth-order valence-corrected chi connectivity index (χ4v) is 4.60. The second kappa shape index (κ2) is 9.90. The van der Waals surface area contributed by atoms with E-state index in [4.69, 9.17) is 16.3 Å². The first-order valence-electron chi connectivity index (χ1n) is 11.3. The highest BCUT2D eigenvalue weighted by atomic mass is 35.5. The van der Waals surface area contributed by atoms with Gasteiger partial charge in [-0.05, 0) is 73.7 Å². The molecular weight excluding hydrogens is 450 g/mol. The van der Waals surface area contributed by atoms with Gasteiger partial charge in [0.2, 0.25) is 0 Å². The number of aliphatic carboxylic acids is 1. The van der Waals surface area contributed by atoms with Crippen LogP contribution in [0.2, 0.25) is 5.02 Å². The fraction of sp³-hybridized carbons (Fsp3) is 0.286. The molecular formula is C28H28ClNO4. The number of rotatable bonds is 7. The molecule has 1 amide bonds. The summed E-state index contributed by atoms with van der Waals surface area (Å²) in [5.74, 6) is -0.591. The first kappa shape index (κ1) is 23.8. The molecule has 0 spiro atoms. The molecule has 0 aromatic heterocycles. The number of fused-ring (bicyclic) bond motifs is 1. The number of benzene rings is 3. The molecule has 5 nitrogen and oxygen atoms in total. The van der Waals surface area contributed by atoms with E-state index in [1.807, 2.05) is 67.6 Å². The molecule has 0 aliphatic carbocycles. The van der Waals surface area contributed by atoms with Gasteiger partial charge in [-0.2, -0.15) is 0 Å². The smallest absolute Gasteiger partial charge is 0.323 e. The van der Waals surface area contributed by atoms with Crippen molar-refractivity contribution in [1.82, 2.24) is 4.90 Å². The molecule has 0 bridgehead atoms. The molecule has 1 atom stereocenters. The van der Waals surface area contributed by atoms with E-state index in [1.165, 1.54) is 4.90 Å². The van der Waals surface area contributed by atoms with Gasteiger partial charge in [0, 0.05) is 23.6 Å². The van der Waals surface area contributed by atoms with Crippen LogP contribution in [-0.4, -0.2) is 34.0 Å². The Morgan fingerprint density at radius 3 is 2.53 bits per heavy atom. The van der Waals surface area contributed by atoms with Crippen LogP contribution in [0.1, 0.15) is 46.0 Å². The topological polar surface area (TPSA) is 66.8 Å². The minimum atomic E-state index is -1.04. The maximum absolute atomic E-state index is 13.2. The van der Waals surface area contributed by atoms with Gasteiger partial charge >= 0.3 is 5.97 Å². The van der Waals surface area contributed by atoms with E-state index in [2.05, 4.69) is 6.92 Å². The summed E-state index contributed by atoms with van der Waals surface area (Å²) in [6.45, 7) is 3.94. The summed E-state index contributed by atoms with van der Waals surface area (Å²) in [6.07, 6.45) is 2.30. The summed E-state index contributed by atoms with van der Waals surface area (Å²) in [5.41, 5.74) is 4.17. The zero-order valence-electron chi connectivity index (χ0n) is 19.4. The number of carboxylic acid groups (broad SMARTS) is 1. The maximum atomic E-state index is 13.2. The standard InChI is InChI=1S/C28H28ClNO4/c1-19-6-8-20(9-7-19)17-30(18-26(31)32)27(33)23-10-11-25-22(15-23)12-13-28(2,34-25)16-21-4-3-5-24(29)14-21/h3-11,14-15H,12-13,16-18H2,1-2H3,(H,31,32)/t28-/m0/s1. The minimum Gasteiger partial charge on any atom is -0.487 e. The highest BCUT2D eigenvalue weighted by molar-refractivity contribution is 6.30. The molecule has 3 aromatic rings. The van der Waals surface area contributed by atoms with Gasteiger partial charge in [-0.1, -0.05) is 53.6 Å². The van der Waals surface area contributed by atoms with Crippen LogP contribution in [0.4, 0.5) is 0 Å². The van der Waals surface area contributed by atoms with Gasteiger partial charge < -0.3 is 14.7 Å². The molecule has 4 rings (SSSR count). The predicted octanol–water partition coefficient (Wildman–Crippen LogP) is 5.70. The molecule has 0 saturated heterocycles. The van der Waals surface area contributed by atoms with Crippen LogP contribution in [0, 0.1) is 6.92 Å². The normalized spacial score (nSPS) is 16.9. The van der Waals surface area contributed by atoms with Crippen LogP contribution in [0.5, 0.6) is 5.75 Å². The number of nitrogens with zero attached hydrogens (tertiary/aromatic N) is 1. The van der Waals surface area contributed by atoms with Crippen molar-refractivity contribution >= 4 is 23.5 Å². The number of hydrogen-bond acceptors (Lipinski definition) is 3. The van der Waals surface area contributed by atoms with Crippen LogP contribution in [0.3, 0.4) is 0 Å². The second-order valence-electron chi connectivity index (χ2n) is 9.22. The molecule has 1 heterocycles. The van der Waals surface area contributed by atoms with Crippen LogP contribution in [0.15, 0.2) is 66.7 Å². The van der Waals surface area contributed by atoms with Crippen molar-refractivity contribution in [3.05, 3.63) is 99.6 Å². The Morgan fingerprint density at radius 2 is 1.82 bits per heavy atom. The number of amides is 1. The highest BCUT2D eigenvalue weighted by Gasteiger charge is 2.32. The number of aryl methyl sites for hydroxylation is 2. The summed E-state index contributed by atoms with van der Waals surface area (Å²) in [4.78, 5) is 26.1. The molecule has 176 valence electrons. The van der Waals surface area contributed by atoms with Crippen LogP contribution < -0.4 is 4.74 Å². The molecule has 0 saturated carbocycles. The Kier molecular flexibility index (Phi) is 6.94. The van der Waals surface area contributed by atoms with Gasteiger partial charge in [0.1, 0.15) is 17.9 Å². The first-order valence-corrected chi connectivity index (χ1v) is 11.7. The molecule has 1 aliphatic heterocycles. The monoisotopic (exact) mass is 477 g/mol. The minimum absolute atomic E-state index is 0.233. The van der Waals surface area contributed by atoms with E-state index in [9.17, 15) is 14.7 Å². The zero-order chi connectivity index (χ0) is 24.3. The molecule has 34 heavy (non-hydrogen) atoms. The van der Waals surface area contributed by atoms with Crippen molar-refractivity contribution in [3.63, 3.8) is 0 Å². The molecule has 0 unspecified atom stereocenters. The Labute approximate surface area is 204 Å². The van der Waals surface area contributed by atoms with Crippen molar-refractivity contribution in [3.8, 4) is 5.75 Å². The lowest BCUT2D eigenvalue weighted by Crippen LogP contribution is -2.39. The average molecular weight is 478 g/mol. The van der Waals surface area contributed by atoms with E-state index in [0.717, 1.165) is 47.3 Å². The quantitative estimate of drug-likeness (QED) is 0.474. The lowest BCUT2D eigenvalue weighted by Gasteiger charge is -2.36. The molecule has 0 radical (unpaired) electrons. The lowest BCUT2D eigenvalue weighted by molar-refractivity contribution is -0.137. The third-order valence-corrected chi connectivity index (χ3v) is 6.40. The molecule has 0 fully saturated rings. The van der Waals surface area contributed by atoms with E-state index >= 15 is 0 Å². The van der Waals surface area contributed by atoms with Gasteiger partial charge in [-0.3, -0.25) is 9.59 Å². The van der Waals surface area contributed by atoms with Crippen molar-refractivity contribution in [2.45, 2.75) is 45.3 Å². The van der Waals surface area contributed by atoms with E-state index < -0.39 is 5.97 Å². The molecule has 1 N–H and O–H groups in total. The van der Waals surface area contributed by atoms with Gasteiger partial charge in [0.05, 0.1) is 0 Å². The SMILES string of the molecule is Cc1ccc(CN(CC(=O)O)C(=O)c2ccc3c(c2)CC[C@@](C)(Cc2cccc(Cl)c2)O3)cc1. The number of carbonyl (C=O) groups is 2. The van der Waals surface area contributed by atoms with Gasteiger partial charge in [-0.15, -0.1) is 0 Å². The summed E-state index contributed by atoms with van der Waals surface area (Å²) in [6, 6.07) is 20.9. The Balaban J connectivity index is 1.51. The van der Waals surface area contributed by atoms with E-state index in [0.29, 0.717) is 10.6 Å². The average Bonchev–Trinajstić information content (AvgIpc) is 2.79. The number of carboxylic acids is 1. The zero-order valence-corrected chi connectivity index (χ0v) is 20.1. The van der Waals surface area contributed by atoms with Crippen molar-refractivity contribution in [1.29, 1.82) is 0 Å². The van der Waals surface area contributed by atoms with E-state index in [1.54, 1.807) is 6.07 Å². The largest absolute Gasteiger partial charge is 0.487 e. The maximum Gasteiger partial charge on any atom is 0.323 e. The number of hydrogen-bond donors (Lipinski definition) is 1. The number of carbonyl (C=O) groups excluding carboxylic acids is 1. The predicted molar refractivity (Wildman–Crippen MR) is 133 cm³/mol. The summed E-state index contributed by atoms with van der Waals surface area (Å²) >= 11 is 6.14. The summed E-state index contributed by atoms with van der Waals surface area (Å²) in [5, 5.41) is 10.1. The fourth-order valence-electron chi connectivity index (χ4n) is 4.39. The molecule has 3 aromatic carbocycles. The summed E-state index contributed by atoms with van der Waals surface area (Å²) < 4.78 is 6.37. The van der Waals surface area contributed by atoms with Crippen molar-refractivity contribution in [2.24, 2.45) is 0 Å². The van der Waals surface area contributed by atoms with Gasteiger partial charge in [-0.25, -0.2) is 0 Å². The van der Waals surface area contributed by atoms with Crippen LogP contribution >= 0.6 is 11.6 Å². The highest BCUT2D eigenvalue weighted by Crippen LogP contribution is 2.36. The number of ether oxygens (including phenoxy) is 1. The van der Waals surface area contributed by atoms with Gasteiger partial charge in [0.15, 0.2) is 0 Å². The third kappa shape index (κ3) is 5.78. The van der Waals surface area contributed by atoms with Crippen molar-refractivity contribution < 1.29 is 19.4 Å². The Morgan fingerprint density at radius 1 is 1.06 bits per heavy atom. The third-order valence-electron chi connectivity index (χ3n) is 6.16. The first-order chi connectivity index (χ1) is 16.2. The van der Waals surface area contributed by atoms with E-state index in [-0.39, 0.29) is 24.6 Å². The number of halogens is 1. The lowest BCUT2D eigenvalue weighted by atomic mass is 9.87.